The zero-order valence-corrected chi connectivity index (χ0v) is 16.1. The molecule has 2 aromatic carbocycles. The third-order valence-corrected chi connectivity index (χ3v) is 4.11. The second kappa shape index (κ2) is 8.84. The van der Waals surface area contributed by atoms with Gasteiger partial charge in [0.1, 0.15) is 11.5 Å². The van der Waals surface area contributed by atoms with E-state index in [9.17, 15) is 9.90 Å². The Kier molecular flexibility index (Phi) is 6.81. The van der Waals surface area contributed by atoms with Crippen LogP contribution in [0.2, 0.25) is 0 Å². The number of benzene rings is 2. The van der Waals surface area contributed by atoms with E-state index in [0.717, 1.165) is 15.8 Å². The Morgan fingerprint density at radius 3 is 2.67 bits per heavy atom. The van der Waals surface area contributed by atoms with Crippen LogP contribution in [0, 0.1) is 0 Å². The number of hydrogen-bond donors (Lipinski definition) is 2. The number of phenols is 1. The van der Waals surface area contributed by atoms with E-state index in [4.69, 9.17) is 4.74 Å². The summed E-state index contributed by atoms with van der Waals surface area (Å²) in [5, 5.41) is 13.8. The number of nitrogens with one attached hydrogen (secondary N) is 1. The Morgan fingerprint density at radius 1 is 1.29 bits per heavy atom. The van der Waals surface area contributed by atoms with Crippen molar-refractivity contribution in [2.24, 2.45) is 5.10 Å². The number of hydrogen-bond acceptors (Lipinski definition) is 4. The lowest BCUT2D eigenvalue weighted by molar-refractivity contribution is -0.120. The standard InChI is InChI=1S/C17H16Br2N2O3/c1-2-24-14-5-3-11(4-6-14)7-16(22)21-20-10-12-8-13(18)9-15(19)17(12)23/h3-6,8-10,23H,2,7H2,1H3,(H,21,22)/b20-10-. The Hall–Kier alpha value is -1.86. The average Bonchev–Trinajstić information content (AvgIpc) is 2.54. The molecule has 0 saturated carbocycles. The maximum atomic E-state index is 11.9. The first-order valence-corrected chi connectivity index (χ1v) is 8.80. The van der Waals surface area contributed by atoms with E-state index in [-0.39, 0.29) is 18.1 Å². The van der Waals surface area contributed by atoms with Crippen LogP contribution < -0.4 is 10.2 Å². The van der Waals surface area contributed by atoms with Crippen molar-refractivity contribution >= 4 is 44.0 Å². The first kappa shape index (κ1) is 18.5. The van der Waals surface area contributed by atoms with Gasteiger partial charge >= 0.3 is 0 Å². The highest BCUT2D eigenvalue weighted by Gasteiger charge is 2.06. The number of hydrazone groups is 1. The summed E-state index contributed by atoms with van der Waals surface area (Å²) in [6, 6.07) is 10.7. The highest BCUT2D eigenvalue weighted by atomic mass is 79.9. The Labute approximate surface area is 157 Å². The third-order valence-electron chi connectivity index (χ3n) is 3.05. The molecule has 24 heavy (non-hydrogen) atoms. The highest BCUT2D eigenvalue weighted by Crippen LogP contribution is 2.30. The number of amides is 1. The second-order valence-corrected chi connectivity index (χ2v) is 6.64. The van der Waals surface area contributed by atoms with Crippen LogP contribution in [0.1, 0.15) is 18.1 Å². The Morgan fingerprint density at radius 2 is 2.00 bits per heavy atom. The van der Waals surface area contributed by atoms with Gasteiger partial charge in [-0.1, -0.05) is 28.1 Å². The van der Waals surface area contributed by atoms with Crippen molar-refractivity contribution in [2.45, 2.75) is 13.3 Å². The molecule has 0 aliphatic rings. The molecular formula is C17H16Br2N2O3. The summed E-state index contributed by atoms with van der Waals surface area (Å²) in [5.74, 6) is 0.585. The number of phenolic OH excluding ortho intramolecular Hbond substituents is 1. The topological polar surface area (TPSA) is 70.9 Å². The van der Waals surface area contributed by atoms with Crippen molar-refractivity contribution in [1.82, 2.24) is 5.43 Å². The molecule has 0 unspecified atom stereocenters. The molecule has 2 rings (SSSR count). The fourth-order valence-corrected chi connectivity index (χ4v) is 3.21. The molecule has 0 saturated heterocycles. The van der Waals surface area contributed by atoms with E-state index in [1.165, 1.54) is 6.21 Å². The van der Waals surface area contributed by atoms with Crippen molar-refractivity contribution in [1.29, 1.82) is 0 Å². The maximum Gasteiger partial charge on any atom is 0.244 e. The van der Waals surface area contributed by atoms with Crippen LogP contribution in [-0.4, -0.2) is 23.8 Å². The number of carbonyl (C=O) groups is 1. The van der Waals surface area contributed by atoms with E-state index in [0.29, 0.717) is 16.6 Å². The monoisotopic (exact) mass is 454 g/mol. The van der Waals surface area contributed by atoms with E-state index in [2.05, 4.69) is 42.4 Å². The molecule has 2 aromatic rings. The Balaban J connectivity index is 1.93. The largest absolute Gasteiger partial charge is 0.506 e. The quantitative estimate of drug-likeness (QED) is 0.510. The number of rotatable bonds is 6. The van der Waals surface area contributed by atoms with Gasteiger partial charge in [-0.2, -0.15) is 5.10 Å². The number of halogens is 2. The van der Waals surface area contributed by atoms with Crippen LogP contribution in [0.15, 0.2) is 50.4 Å². The molecule has 0 bridgehead atoms. The van der Waals surface area contributed by atoms with Crippen LogP contribution in [-0.2, 0) is 11.2 Å². The van der Waals surface area contributed by atoms with E-state index < -0.39 is 0 Å². The summed E-state index contributed by atoms with van der Waals surface area (Å²) >= 11 is 6.57. The van der Waals surface area contributed by atoms with Crippen LogP contribution >= 0.6 is 31.9 Å². The first-order valence-electron chi connectivity index (χ1n) is 7.21. The smallest absolute Gasteiger partial charge is 0.244 e. The molecule has 126 valence electrons. The van der Waals surface area contributed by atoms with Gasteiger partial charge in [0.25, 0.3) is 0 Å². The van der Waals surface area contributed by atoms with Crippen LogP contribution in [0.25, 0.3) is 0 Å². The molecule has 0 radical (unpaired) electrons. The predicted molar refractivity (Wildman–Crippen MR) is 101 cm³/mol. The summed E-state index contributed by atoms with van der Waals surface area (Å²) in [6.45, 7) is 2.52. The molecule has 0 spiro atoms. The molecule has 7 heteroatoms. The van der Waals surface area contributed by atoms with Crippen molar-refractivity contribution in [3.05, 3.63) is 56.5 Å². The van der Waals surface area contributed by atoms with Crippen molar-refractivity contribution in [3.8, 4) is 11.5 Å². The molecule has 2 N–H and O–H groups in total. The zero-order chi connectivity index (χ0) is 17.5. The van der Waals surface area contributed by atoms with Crippen LogP contribution in [0.5, 0.6) is 11.5 Å². The van der Waals surface area contributed by atoms with E-state index in [1.807, 2.05) is 31.2 Å². The minimum atomic E-state index is -0.246. The van der Waals surface area contributed by atoms with Crippen LogP contribution in [0.4, 0.5) is 0 Å². The van der Waals surface area contributed by atoms with Gasteiger partial charge in [0, 0.05) is 10.0 Å². The highest BCUT2D eigenvalue weighted by molar-refractivity contribution is 9.11. The lowest BCUT2D eigenvalue weighted by Gasteiger charge is -2.05. The number of aromatic hydroxyl groups is 1. The molecule has 0 aromatic heterocycles. The summed E-state index contributed by atoms with van der Waals surface area (Å²) in [7, 11) is 0. The molecule has 0 heterocycles. The lowest BCUT2D eigenvalue weighted by atomic mass is 10.1. The zero-order valence-electron chi connectivity index (χ0n) is 12.9. The fourth-order valence-electron chi connectivity index (χ4n) is 1.95. The average molecular weight is 456 g/mol. The molecule has 0 atom stereocenters. The molecule has 0 aliphatic carbocycles. The third kappa shape index (κ3) is 5.35. The minimum absolute atomic E-state index is 0.0581. The van der Waals surface area contributed by atoms with E-state index in [1.54, 1.807) is 12.1 Å². The van der Waals surface area contributed by atoms with Crippen molar-refractivity contribution in [2.75, 3.05) is 6.61 Å². The van der Waals surface area contributed by atoms with Gasteiger partial charge < -0.3 is 9.84 Å². The van der Waals surface area contributed by atoms with Crippen molar-refractivity contribution < 1.29 is 14.6 Å². The normalized spacial score (nSPS) is 10.8. The molecule has 0 fully saturated rings. The molecule has 1 amide bonds. The van der Waals surface area contributed by atoms with Gasteiger partial charge in [0.2, 0.25) is 5.91 Å². The van der Waals surface area contributed by atoms with Crippen LogP contribution in [0.3, 0.4) is 0 Å². The minimum Gasteiger partial charge on any atom is -0.506 e. The Bertz CT molecular complexity index is 746. The summed E-state index contributed by atoms with van der Waals surface area (Å²) < 4.78 is 6.68. The first-order chi connectivity index (χ1) is 11.5. The van der Waals surface area contributed by atoms with Gasteiger partial charge in [-0.25, -0.2) is 5.43 Å². The number of carbonyl (C=O) groups excluding carboxylic acids is 1. The number of ether oxygens (including phenoxy) is 1. The second-order valence-electron chi connectivity index (χ2n) is 4.87. The van der Waals surface area contributed by atoms with Crippen molar-refractivity contribution in [3.63, 3.8) is 0 Å². The van der Waals surface area contributed by atoms with Gasteiger partial charge in [0.05, 0.1) is 23.7 Å². The van der Waals surface area contributed by atoms with Gasteiger partial charge in [-0.15, -0.1) is 0 Å². The SMILES string of the molecule is CCOc1ccc(CC(=O)N/N=C\c2cc(Br)cc(Br)c2O)cc1. The molecule has 5 nitrogen and oxygen atoms in total. The van der Waals surface area contributed by atoms with E-state index >= 15 is 0 Å². The summed E-state index contributed by atoms with van der Waals surface area (Å²) in [5.41, 5.74) is 3.79. The number of nitrogens with zero attached hydrogens (tertiary/aromatic N) is 1. The predicted octanol–water partition coefficient (Wildman–Crippen LogP) is 4.01. The fraction of sp³-hybridized carbons (Fsp3) is 0.176. The van der Waals surface area contributed by atoms with Gasteiger partial charge in [-0.05, 0) is 52.7 Å². The summed E-state index contributed by atoms with van der Waals surface area (Å²) in [4.78, 5) is 11.9. The molecular weight excluding hydrogens is 440 g/mol. The maximum absolute atomic E-state index is 11.9. The molecule has 0 aliphatic heterocycles. The lowest BCUT2D eigenvalue weighted by Crippen LogP contribution is -2.19. The van der Waals surface area contributed by atoms with Gasteiger partial charge in [-0.3, -0.25) is 4.79 Å². The summed E-state index contributed by atoms with van der Waals surface area (Å²) in [6.07, 6.45) is 1.60. The van der Waals surface area contributed by atoms with Gasteiger partial charge in [0.15, 0.2) is 0 Å².